The molecule has 9 N–H and O–H groups in total. The molecule has 15 nitrogen and oxygen atoms in total. The van der Waals surface area contributed by atoms with Crippen LogP contribution in [0.1, 0.15) is 73.1 Å². The van der Waals surface area contributed by atoms with Gasteiger partial charge in [0.15, 0.2) is 17.3 Å². The van der Waals surface area contributed by atoms with Crippen molar-refractivity contribution in [1.82, 2.24) is 29.4 Å². The van der Waals surface area contributed by atoms with E-state index in [2.05, 4.69) is 20.3 Å². The number of unbranched alkanes of at least 4 members (excludes halogenated alkanes) is 1. The lowest BCUT2D eigenvalue weighted by Gasteiger charge is -2.21. The predicted octanol–water partition coefficient (Wildman–Crippen LogP) is 4.57. The first kappa shape index (κ1) is 46.8. The molecule has 0 bridgehead atoms. The molecule has 6 aromatic rings. The Balaban J connectivity index is 1.31. The number of nitrogens with two attached hydrogens (primary N) is 3. The van der Waals surface area contributed by atoms with Crippen LogP contribution in [0.3, 0.4) is 0 Å². The van der Waals surface area contributed by atoms with Gasteiger partial charge in [-0.3, -0.25) is 33.1 Å². The van der Waals surface area contributed by atoms with E-state index < -0.39 is 59.8 Å². The summed E-state index contributed by atoms with van der Waals surface area (Å²) in [6.45, 7) is 5.23. The SMILES string of the molecule is Cc1ccc(-c2c(C)n(C(Cc3ccccc3)C(=O)C[C@@H](CCCCN)C(N)=O)c(=O)n2CC(=O)[C@H](C)NC(=O)[C@H](CC(=O)[C@@H](N)Cc2cnc[nH]2)Cc2c[nH]c3ccccc23)cc1. The van der Waals surface area contributed by atoms with E-state index in [1.807, 2.05) is 92.0 Å². The molecule has 15 heteroatoms. The molecule has 1 unspecified atom stereocenters. The van der Waals surface area contributed by atoms with Crippen LogP contribution in [-0.2, 0) is 49.8 Å². The highest BCUT2D eigenvalue weighted by atomic mass is 16.2. The number of nitrogens with zero attached hydrogens (tertiary/aromatic N) is 3. The second-order valence-electron chi connectivity index (χ2n) is 16.8. The standard InChI is InChI=1S/C49H59N9O6/c1-30-16-18-34(19-17-30)46-32(3)58(42(21-33-11-5-4-6-12-33)44(60)23-35(47(52)62)13-9-10-20-50)49(64)57(46)28-45(61)31(2)56-48(63)36(22-37-26-54-41-15-8-7-14-39(37)41)24-43(59)40(51)25-38-27-53-29-55-38/h4-8,11-12,14-19,26-27,29,31,35-36,40,42,54H,9-10,13,20-25,28,50-51H2,1-3H3,(H2,52,62)(H,53,55)(H,56,63)/t31-,35+,36-,40-,42?/m0/s1. The van der Waals surface area contributed by atoms with Crippen LogP contribution in [0.25, 0.3) is 22.2 Å². The summed E-state index contributed by atoms with van der Waals surface area (Å²) in [6, 6.07) is 21.4. The van der Waals surface area contributed by atoms with Gasteiger partial charge in [-0.25, -0.2) is 9.78 Å². The normalized spacial score (nSPS) is 13.8. The molecule has 3 heterocycles. The van der Waals surface area contributed by atoms with Gasteiger partial charge in [-0.2, -0.15) is 0 Å². The van der Waals surface area contributed by atoms with E-state index in [4.69, 9.17) is 17.2 Å². The highest BCUT2D eigenvalue weighted by Crippen LogP contribution is 2.29. The minimum Gasteiger partial charge on any atom is -0.369 e. The van der Waals surface area contributed by atoms with Crippen LogP contribution in [0.4, 0.5) is 0 Å². The van der Waals surface area contributed by atoms with Crippen molar-refractivity contribution in [3.05, 3.63) is 136 Å². The third-order valence-corrected chi connectivity index (χ3v) is 12.1. The lowest BCUT2D eigenvalue weighted by molar-refractivity contribution is -0.132. The molecule has 0 saturated carbocycles. The molecule has 0 aliphatic carbocycles. The van der Waals surface area contributed by atoms with Crippen LogP contribution in [0, 0.1) is 25.7 Å². The molecule has 0 spiro atoms. The third-order valence-electron chi connectivity index (χ3n) is 12.1. The number of amides is 2. The fraction of sp³-hybridized carbons (Fsp3) is 0.367. The van der Waals surface area contributed by atoms with Crippen molar-refractivity contribution >= 4 is 40.1 Å². The highest BCUT2D eigenvalue weighted by molar-refractivity contribution is 5.94. The topological polar surface area (TPSA) is 247 Å². The van der Waals surface area contributed by atoms with Crippen molar-refractivity contribution < 1.29 is 24.0 Å². The monoisotopic (exact) mass is 869 g/mol. The van der Waals surface area contributed by atoms with Gasteiger partial charge in [-0.05, 0) is 63.8 Å². The first-order chi connectivity index (χ1) is 30.7. The van der Waals surface area contributed by atoms with Crippen molar-refractivity contribution in [3.63, 3.8) is 0 Å². The van der Waals surface area contributed by atoms with Gasteiger partial charge in [0, 0.05) is 77.8 Å². The average Bonchev–Trinajstić information content (AvgIpc) is 4.01. The van der Waals surface area contributed by atoms with Crippen molar-refractivity contribution in [3.8, 4) is 11.3 Å². The molecule has 5 atom stereocenters. The van der Waals surface area contributed by atoms with Gasteiger partial charge in [0.05, 0.1) is 30.6 Å². The van der Waals surface area contributed by atoms with Crippen molar-refractivity contribution in [1.29, 1.82) is 0 Å². The first-order valence-electron chi connectivity index (χ1n) is 21.8. The lowest BCUT2D eigenvalue weighted by Crippen LogP contribution is -2.46. The zero-order valence-corrected chi connectivity index (χ0v) is 36.7. The first-order valence-corrected chi connectivity index (χ1v) is 21.8. The largest absolute Gasteiger partial charge is 0.369 e. The number of imidazole rings is 2. The Bertz CT molecular complexity index is 2610. The van der Waals surface area contributed by atoms with Gasteiger partial charge < -0.3 is 32.5 Å². The molecular formula is C49H59N9O6. The fourth-order valence-corrected chi connectivity index (χ4v) is 8.38. The maximum Gasteiger partial charge on any atom is 0.329 e. The summed E-state index contributed by atoms with van der Waals surface area (Å²) < 4.78 is 2.78. The van der Waals surface area contributed by atoms with E-state index in [9.17, 15) is 28.8 Å². The number of carbonyl (C=O) groups is 5. The lowest BCUT2D eigenvalue weighted by atomic mass is 9.90. The number of aryl methyl sites for hydroxylation is 1. The van der Waals surface area contributed by atoms with E-state index in [0.29, 0.717) is 48.5 Å². The van der Waals surface area contributed by atoms with E-state index >= 15 is 0 Å². The number of aromatic nitrogens is 5. The molecule has 336 valence electrons. The van der Waals surface area contributed by atoms with E-state index in [1.165, 1.54) is 15.5 Å². The van der Waals surface area contributed by atoms with Gasteiger partial charge >= 0.3 is 5.69 Å². The van der Waals surface area contributed by atoms with Gasteiger partial charge in [-0.15, -0.1) is 0 Å². The quantitative estimate of drug-likeness (QED) is 0.0466. The molecule has 3 aromatic carbocycles. The Morgan fingerprint density at radius 3 is 2.20 bits per heavy atom. The Kier molecular flexibility index (Phi) is 15.8. The van der Waals surface area contributed by atoms with E-state index in [-0.39, 0.29) is 43.7 Å². The molecule has 6 rings (SSSR count). The minimum absolute atomic E-state index is 0.147. The average molecular weight is 870 g/mol. The molecule has 64 heavy (non-hydrogen) atoms. The molecule has 0 saturated heterocycles. The van der Waals surface area contributed by atoms with Crippen LogP contribution in [0.15, 0.2) is 102 Å². The number of para-hydroxylation sites is 1. The Morgan fingerprint density at radius 2 is 1.52 bits per heavy atom. The number of ketones is 3. The van der Waals surface area contributed by atoms with E-state index in [1.54, 1.807) is 20.0 Å². The van der Waals surface area contributed by atoms with Crippen LogP contribution in [0.5, 0.6) is 0 Å². The zero-order valence-electron chi connectivity index (χ0n) is 36.7. The van der Waals surface area contributed by atoms with Crippen molar-refractivity contribution in [2.24, 2.45) is 29.0 Å². The molecule has 0 radical (unpaired) electrons. The number of nitrogens with one attached hydrogen (secondary N) is 3. The Morgan fingerprint density at radius 1 is 0.812 bits per heavy atom. The second-order valence-corrected chi connectivity index (χ2v) is 16.8. The number of Topliss-reactive ketones (excluding diaryl/α,β-unsaturated/α-hetero) is 3. The smallest absolute Gasteiger partial charge is 0.329 e. The number of hydrogen-bond acceptors (Lipinski definition) is 9. The molecule has 0 fully saturated rings. The van der Waals surface area contributed by atoms with Crippen LogP contribution in [-0.4, -0.2) is 71.9 Å². The highest BCUT2D eigenvalue weighted by Gasteiger charge is 2.33. The molecule has 0 aliphatic rings. The summed E-state index contributed by atoms with van der Waals surface area (Å²) in [5.74, 6) is -3.89. The summed E-state index contributed by atoms with van der Waals surface area (Å²) in [4.78, 5) is 94.2. The maximum absolute atomic E-state index is 14.9. The van der Waals surface area contributed by atoms with Gasteiger partial charge in [0.1, 0.15) is 6.04 Å². The Labute approximate surface area is 372 Å². The van der Waals surface area contributed by atoms with Crippen LogP contribution >= 0.6 is 0 Å². The van der Waals surface area contributed by atoms with Gasteiger partial charge in [-0.1, -0.05) is 84.8 Å². The summed E-state index contributed by atoms with van der Waals surface area (Å²) in [5, 5.41) is 3.75. The Hall–Kier alpha value is -6.71. The van der Waals surface area contributed by atoms with E-state index in [0.717, 1.165) is 27.6 Å². The molecular weight excluding hydrogens is 811 g/mol. The number of carbonyl (C=O) groups excluding carboxylic acids is 5. The summed E-state index contributed by atoms with van der Waals surface area (Å²) in [6.07, 6.45) is 6.77. The zero-order chi connectivity index (χ0) is 45.9. The third kappa shape index (κ3) is 11.5. The molecule has 3 aromatic heterocycles. The second kappa shape index (κ2) is 21.6. The number of rotatable bonds is 24. The number of aromatic amines is 2. The summed E-state index contributed by atoms with van der Waals surface area (Å²) >= 11 is 0. The van der Waals surface area contributed by atoms with Crippen LogP contribution < -0.4 is 28.2 Å². The van der Waals surface area contributed by atoms with Crippen LogP contribution in [0.2, 0.25) is 0 Å². The van der Waals surface area contributed by atoms with Crippen molar-refractivity contribution in [2.75, 3.05) is 6.54 Å². The minimum atomic E-state index is -1.08. The van der Waals surface area contributed by atoms with Crippen molar-refractivity contribution in [2.45, 2.75) is 96.8 Å². The van der Waals surface area contributed by atoms with Gasteiger partial charge in [0.2, 0.25) is 11.8 Å². The fourth-order valence-electron chi connectivity index (χ4n) is 8.38. The number of H-pyrrole nitrogens is 2. The summed E-state index contributed by atoms with van der Waals surface area (Å²) in [7, 11) is 0. The number of benzene rings is 3. The number of primary amides is 1. The van der Waals surface area contributed by atoms with Gasteiger partial charge in [0.25, 0.3) is 0 Å². The maximum atomic E-state index is 14.9. The number of fused-ring (bicyclic) bond motifs is 1. The predicted molar refractivity (Wildman–Crippen MR) is 246 cm³/mol. The summed E-state index contributed by atoms with van der Waals surface area (Å²) in [5.41, 5.74) is 22.9. The molecule has 0 aliphatic heterocycles. The number of hydrogen-bond donors (Lipinski definition) is 6. The molecule has 2 amide bonds.